The zero-order valence-electron chi connectivity index (χ0n) is 5.98. The summed E-state index contributed by atoms with van der Waals surface area (Å²) in [6, 6.07) is 0.397. The lowest BCUT2D eigenvalue weighted by Crippen LogP contribution is -2.41. The van der Waals surface area contributed by atoms with Crippen molar-refractivity contribution in [3.63, 3.8) is 0 Å². The molecule has 2 atom stereocenters. The molecule has 9 heavy (non-hydrogen) atoms. The Balaban J connectivity index is 2.44. The molecule has 0 spiro atoms. The van der Waals surface area contributed by atoms with Gasteiger partial charge in [-0.25, -0.2) is 0 Å². The average Bonchev–Trinajstić information content (AvgIpc) is 1.80. The third kappa shape index (κ3) is 1.52. The summed E-state index contributed by atoms with van der Waals surface area (Å²) in [5.74, 6) is 0.641. The summed E-state index contributed by atoms with van der Waals surface area (Å²) in [5.41, 5.74) is 0. The predicted molar refractivity (Wildman–Crippen MR) is 36.3 cm³/mol. The topological polar surface area (TPSA) is 29.1 Å². The Bertz CT molecular complexity index is 122. The summed E-state index contributed by atoms with van der Waals surface area (Å²) >= 11 is 0. The van der Waals surface area contributed by atoms with Gasteiger partial charge in [-0.1, -0.05) is 6.92 Å². The number of carbonyl (C=O) groups is 1. The molecule has 1 aliphatic rings. The van der Waals surface area contributed by atoms with E-state index in [9.17, 15) is 4.79 Å². The number of hydrogen-bond donors (Lipinski definition) is 1. The minimum atomic E-state index is 0.237. The van der Waals surface area contributed by atoms with Crippen molar-refractivity contribution < 1.29 is 4.79 Å². The molecule has 52 valence electrons. The van der Waals surface area contributed by atoms with Gasteiger partial charge in [0, 0.05) is 24.9 Å². The molecule has 0 radical (unpaired) electrons. The van der Waals surface area contributed by atoms with Crippen LogP contribution in [0.4, 0.5) is 0 Å². The number of ketones is 1. The minimum absolute atomic E-state index is 0.237. The molecular formula is C7H13NO. The van der Waals surface area contributed by atoms with E-state index in [0.29, 0.717) is 18.2 Å². The Hall–Kier alpha value is -0.370. The fourth-order valence-electron chi connectivity index (χ4n) is 1.07. The van der Waals surface area contributed by atoms with Crippen LogP contribution < -0.4 is 5.32 Å². The predicted octanol–water partition coefficient (Wildman–Crippen LogP) is 0.573. The van der Waals surface area contributed by atoms with Gasteiger partial charge in [-0.05, 0) is 6.92 Å². The van der Waals surface area contributed by atoms with E-state index < -0.39 is 0 Å². The smallest absolute Gasteiger partial charge is 0.138 e. The summed E-state index contributed by atoms with van der Waals surface area (Å²) in [5, 5.41) is 3.24. The number of nitrogens with one attached hydrogen (secondary N) is 1. The average molecular weight is 127 g/mol. The van der Waals surface area contributed by atoms with Gasteiger partial charge in [0.2, 0.25) is 0 Å². The first-order chi connectivity index (χ1) is 4.20. The molecule has 0 aromatic heterocycles. The molecule has 0 aliphatic carbocycles. The molecule has 1 fully saturated rings. The first-order valence-electron chi connectivity index (χ1n) is 3.46. The van der Waals surface area contributed by atoms with Crippen LogP contribution in [0.3, 0.4) is 0 Å². The third-order valence-corrected chi connectivity index (χ3v) is 1.83. The fourth-order valence-corrected chi connectivity index (χ4v) is 1.07. The normalized spacial score (nSPS) is 36.9. The molecular weight excluding hydrogens is 114 g/mol. The monoisotopic (exact) mass is 127 g/mol. The highest BCUT2D eigenvalue weighted by Gasteiger charge is 2.21. The van der Waals surface area contributed by atoms with Crippen LogP contribution in [-0.2, 0) is 4.79 Å². The van der Waals surface area contributed by atoms with E-state index in [4.69, 9.17) is 0 Å². The van der Waals surface area contributed by atoms with Gasteiger partial charge in [0.15, 0.2) is 0 Å². The second-order valence-corrected chi connectivity index (χ2v) is 2.88. The number of carbonyl (C=O) groups excluding carboxylic acids is 1. The first-order valence-corrected chi connectivity index (χ1v) is 3.46. The molecule has 0 amide bonds. The van der Waals surface area contributed by atoms with Crippen molar-refractivity contribution in [2.75, 3.05) is 6.54 Å². The minimum Gasteiger partial charge on any atom is -0.313 e. The largest absolute Gasteiger partial charge is 0.313 e. The molecule has 0 aromatic carbocycles. The molecule has 0 bridgehead atoms. The van der Waals surface area contributed by atoms with E-state index in [2.05, 4.69) is 5.32 Å². The Morgan fingerprint density at radius 1 is 1.56 bits per heavy atom. The standard InChI is InChI=1S/C7H13NO/c1-5-4-8-6(2)3-7(5)9/h5-6,8H,3-4H2,1-2H3/t5-,6+/m1/s1. The van der Waals surface area contributed by atoms with Crippen LogP contribution in [0, 0.1) is 5.92 Å². The molecule has 0 saturated carbocycles. The molecule has 2 nitrogen and oxygen atoms in total. The van der Waals surface area contributed by atoms with Crippen molar-refractivity contribution in [2.45, 2.75) is 26.3 Å². The molecule has 0 aromatic rings. The van der Waals surface area contributed by atoms with Crippen LogP contribution in [0.25, 0.3) is 0 Å². The van der Waals surface area contributed by atoms with E-state index in [1.165, 1.54) is 0 Å². The van der Waals surface area contributed by atoms with Gasteiger partial charge in [-0.2, -0.15) is 0 Å². The molecule has 1 aliphatic heterocycles. The second-order valence-electron chi connectivity index (χ2n) is 2.88. The van der Waals surface area contributed by atoms with Gasteiger partial charge in [-0.3, -0.25) is 4.79 Å². The Labute approximate surface area is 55.6 Å². The van der Waals surface area contributed by atoms with Crippen molar-refractivity contribution in [1.29, 1.82) is 0 Å². The summed E-state index contributed by atoms with van der Waals surface area (Å²) in [6.45, 7) is 4.88. The van der Waals surface area contributed by atoms with E-state index in [-0.39, 0.29) is 5.92 Å². The summed E-state index contributed by atoms with van der Waals surface area (Å²) < 4.78 is 0. The molecule has 2 heteroatoms. The van der Waals surface area contributed by atoms with Crippen LogP contribution >= 0.6 is 0 Å². The molecule has 1 rings (SSSR count). The molecule has 0 unspecified atom stereocenters. The highest BCUT2D eigenvalue weighted by atomic mass is 16.1. The number of piperidine rings is 1. The zero-order valence-corrected chi connectivity index (χ0v) is 5.98. The Kier molecular flexibility index (Phi) is 1.86. The maximum atomic E-state index is 11.0. The maximum Gasteiger partial charge on any atom is 0.138 e. The van der Waals surface area contributed by atoms with Crippen molar-refractivity contribution in [2.24, 2.45) is 5.92 Å². The quantitative estimate of drug-likeness (QED) is 0.515. The van der Waals surface area contributed by atoms with Gasteiger partial charge in [-0.15, -0.1) is 0 Å². The van der Waals surface area contributed by atoms with Crippen LogP contribution in [0.1, 0.15) is 20.3 Å². The van der Waals surface area contributed by atoms with Crippen LogP contribution in [0.5, 0.6) is 0 Å². The van der Waals surface area contributed by atoms with Crippen molar-refractivity contribution in [3.8, 4) is 0 Å². The SMILES string of the molecule is C[C@@H]1CN[C@@H](C)CC1=O. The number of Topliss-reactive ketones (excluding diaryl/α,β-unsaturated/α-hetero) is 1. The number of rotatable bonds is 0. The summed E-state index contributed by atoms with van der Waals surface area (Å²) in [6.07, 6.45) is 0.709. The van der Waals surface area contributed by atoms with Crippen molar-refractivity contribution >= 4 is 5.78 Å². The van der Waals surface area contributed by atoms with Crippen LogP contribution in [0.2, 0.25) is 0 Å². The van der Waals surface area contributed by atoms with Gasteiger partial charge >= 0.3 is 0 Å². The highest BCUT2D eigenvalue weighted by molar-refractivity contribution is 5.82. The number of hydrogen-bond acceptors (Lipinski definition) is 2. The molecule has 1 N–H and O–H groups in total. The fraction of sp³-hybridized carbons (Fsp3) is 0.857. The highest BCUT2D eigenvalue weighted by Crippen LogP contribution is 2.08. The van der Waals surface area contributed by atoms with E-state index >= 15 is 0 Å². The lowest BCUT2D eigenvalue weighted by Gasteiger charge is -2.23. The van der Waals surface area contributed by atoms with Crippen molar-refractivity contribution in [3.05, 3.63) is 0 Å². The van der Waals surface area contributed by atoms with Crippen LogP contribution in [0.15, 0.2) is 0 Å². The van der Waals surface area contributed by atoms with E-state index in [0.717, 1.165) is 6.54 Å². The third-order valence-electron chi connectivity index (χ3n) is 1.83. The maximum absolute atomic E-state index is 11.0. The summed E-state index contributed by atoms with van der Waals surface area (Å²) in [4.78, 5) is 11.0. The van der Waals surface area contributed by atoms with Gasteiger partial charge in [0.05, 0.1) is 0 Å². The first kappa shape index (κ1) is 6.75. The zero-order chi connectivity index (χ0) is 6.85. The van der Waals surface area contributed by atoms with Gasteiger partial charge in [0.1, 0.15) is 5.78 Å². The van der Waals surface area contributed by atoms with Gasteiger partial charge < -0.3 is 5.32 Å². The van der Waals surface area contributed by atoms with Gasteiger partial charge in [0.25, 0.3) is 0 Å². The second kappa shape index (κ2) is 2.48. The Morgan fingerprint density at radius 2 is 2.22 bits per heavy atom. The molecule has 1 saturated heterocycles. The van der Waals surface area contributed by atoms with Crippen molar-refractivity contribution in [1.82, 2.24) is 5.32 Å². The molecule has 1 heterocycles. The lowest BCUT2D eigenvalue weighted by atomic mass is 9.96. The summed E-state index contributed by atoms with van der Waals surface area (Å²) in [7, 11) is 0. The lowest BCUT2D eigenvalue weighted by molar-refractivity contribution is -0.124. The Morgan fingerprint density at radius 3 is 2.67 bits per heavy atom. The van der Waals surface area contributed by atoms with Crippen LogP contribution in [-0.4, -0.2) is 18.4 Å². The van der Waals surface area contributed by atoms with E-state index in [1.54, 1.807) is 0 Å². The van der Waals surface area contributed by atoms with E-state index in [1.807, 2.05) is 13.8 Å².